The van der Waals surface area contributed by atoms with Crippen molar-refractivity contribution in [3.63, 3.8) is 0 Å². The second kappa shape index (κ2) is 8.15. The monoisotopic (exact) mass is 413 g/mol. The molecule has 7 nitrogen and oxygen atoms in total. The van der Waals surface area contributed by atoms with Crippen molar-refractivity contribution in [3.05, 3.63) is 47.7 Å². The van der Waals surface area contributed by atoms with Crippen LogP contribution in [0.25, 0.3) is 22.2 Å². The summed E-state index contributed by atoms with van der Waals surface area (Å²) in [6.07, 6.45) is 0. The van der Waals surface area contributed by atoms with E-state index in [2.05, 4.69) is 38.0 Å². The Hall–Kier alpha value is -2.65. The van der Waals surface area contributed by atoms with Crippen LogP contribution in [0.4, 0.5) is 0 Å². The first kappa shape index (κ1) is 18.7. The van der Waals surface area contributed by atoms with Crippen LogP contribution in [-0.4, -0.2) is 32.1 Å². The minimum absolute atomic E-state index is 0.0508. The van der Waals surface area contributed by atoms with Crippen molar-refractivity contribution in [2.75, 3.05) is 7.11 Å². The summed E-state index contributed by atoms with van der Waals surface area (Å²) in [5.74, 6) is 2.71. The molecule has 4 rings (SSSR count). The van der Waals surface area contributed by atoms with Gasteiger partial charge in [-0.25, -0.2) is 0 Å². The Morgan fingerprint density at radius 3 is 2.64 bits per heavy atom. The van der Waals surface area contributed by atoms with E-state index in [0.29, 0.717) is 11.8 Å². The smallest absolute Gasteiger partial charge is 0.247 e. The number of hydrogen-bond acceptors (Lipinski definition) is 8. The molecular weight excluding hydrogens is 394 g/mol. The molecule has 144 valence electrons. The van der Waals surface area contributed by atoms with Gasteiger partial charge in [-0.05, 0) is 49.6 Å². The molecule has 9 heteroatoms. The fourth-order valence-electron chi connectivity index (χ4n) is 2.71. The molecule has 0 saturated carbocycles. The van der Waals surface area contributed by atoms with Crippen LogP contribution in [0.2, 0.25) is 0 Å². The molecule has 1 atom stereocenters. The average molecular weight is 414 g/mol. The Morgan fingerprint density at radius 2 is 1.96 bits per heavy atom. The summed E-state index contributed by atoms with van der Waals surface area (Å²) in [4.78, 5) is 1.11. The summed E-state index contributed by atoms with van der Waals surface area (Å²) in [6, 6.07) is 11.6. The van der Waals surface area contributed by atoms with E-state index in [1.807, 2.05) is 42.6 Å². The van der Waals surface area contributed by atoms with Crippen LogP contribution in [-0.2, 0) is 6.54 Å². The molecule has 0 N–H and O–H groups in total. The molecule has 0 aliphatic carbocycles. The zero-order valence-corrected chi connectivity index (χ0v) is 17.3. The van der Waals surface area contributed by atoms with Crippen molar-refractivity contribution >= 4 is 23.1 Å². The highest BCUT2D eigenvalue weighted by atomic mass is 32.2. The lowest BCUT2D eigenvalue weighted by Crippen LogP contribution is -2.00. The number of methoxy groups -OCH3 is 1. The van der Waals surface area contributed by atoms with Gasteiger partial charge in [-0.15, -0.1) is 31.7 Å². The zero-order valence-electron chi connectivity index (χ0n) is 15.7. The van der Waals surface area contributed by atoms with Crippen molar-refractivity contribution in [1.82, 2.24) is 25.0 Å². The molecule has 0 radical (unpaired) electrons. The Labute approximate surface area is 170 Å². The molecule has 1 aromatic carbocycles. The Kier molecular flexibility index (Phi) is 5.45. The predicted molar refractivity (Wildman–Crippen MR) is 110 cm³/mol. The van der Waals surface area contributed by atoms with Crippen molar-refractivity contribution in [2.45, 2.75) is 30.8 Å². The first-order chi connectivity index (χ1) is 13.7. The SMILES string of the molecule is CCn1c(S[C@@H](C)c2nnc(-c3ccc(OC)cc3)o2)nnc1-c1cccs1. The summed E-state index contributed by atoms with van der Waals surface area (Å²) in [7, 11) is 1.64. The van der Waals surface area contributed by atoms with Crippen LogP contribution in [0, 0.1) is 0 Å². The first-order valence-electron chi connectivity index (χ1n) is 8.81. The van der Waals surface area contributed by atoms with Crippen LogP contribution < -0.4 is 4.74 Å². The maximum Gasteiger partial charge on any atom is 0.247 e. The zero-order chi connectivity index (χ0) is 19.5. The topological polar surface area (TPSA) is 78.9 Å². The third-order valence-corrected chi connectivity index (χ3v) is 6.12. The standard InChI is InChI=1S/C19H19N5O2S2/c1-4-24-16(15-6-5-11-27-15)20-23-19(24)28-12(2)17-21-22-18(26-17)13-7-9-14(25-3)10-8-13/h5-12H,4H2,1-3H3/t12-/m0/s1. The van der Waals surface area contributed by atoms with Crippen LogP contribution >= 0.6 is 23.1 Å². The van der Waals surface area contributed by atoms with Gasteiger partial charge in [0.2, 0.25) is 11.8 Å². The Bertz CT molecular complexity index is 1040. The summed E-state index contributed by atoms with van der Waals surface area (Å²) >= 11 is 3.21. The fraction of sp³-hybridized carbons (Fsp3) is 0.263. The Balaban J connectivity index is 1.53. The molecular formula is C19H19N5O2S2. The first-order valence-corrected chi connectivity index (χ1v) is 10.6. The average Bonchev–Trinajstić information content (AvgIpc) is 3.47. The number of benzene rings is 1. The van der Waals surface area contributed by atoms with Crippen molar-refractivity contribution < 1.29 is 9.15 Å². The van der Waals surface area contributed by atoms with E-state index >= 15 is 0 Å². The van der Waals surface area contributed by atoms with Crippen LogP contribution in [0.1, 0.15) is 25.0 Å². The number of nitrogens with zero attached hydrogens (tertiary/aromatic N) is 5. The number of aromatic nitrogens is 5. The molecule has 0 aliphatic rings. The molecule has 3 aromatic heterocycles. The van der Waals surface area contributed by atoms with Crippen LogP contribution in [0.5, 0.6) is 5.75 Å². The lowest BCUT2D eigenvalue weighted by atomic mass is 10.2. The van der Waals surface area contributed by atoms with Crippen LogP contribution in [0.15, 0.2) is 51.4 Å². The van der Waals surface area contributed by atoms with Crippen LogP contribution in [0.3, 0.4) is 0 Å². The quantitative estimate of drug-likeness (QED) is 0.397. The lowest BCUT2D eigenvalue weighted by Gasteiger charge is -2.08. The van der Waals surface area contributed by atoms with Crippen molar-refractivity contribution in [1.29, 1.82) is 0 Å². The lowest BCUT2D eigenvalue weighted by molar-refractivity contribution is 0.415. The minimum atomic E-state index is -0.0508. The van der Waals surface area contributed by atoms with Crippen molar-refractivity contribution in [3.8, 4) is 27.9 Å². The highest BCUT2D eigenvalue weighted by Gasteiger charge is 2.21. The second-order valence-electron chi connectivity index (χ2n) is 5.96. The maximum absolute atomic E-state index is 5.89. The summed E-state index contributed by atoms with van der Waals surface area (Å²) < 4.78 is 13.2. The normalized spacial score (nSPS) is 12.2. The third-order valence-electron chi connectivity index (χ3n) is 4.18. The highest BCUT2D eigenvalue weighted by molar-refractivity contribution is 7.99. The van der Waals surface area contributed by atoms with Crippen molar-refractivity contribution in [2.24, 2.45) is 0 Å². The predicted octanol–water partition coefficient (Wildman–Crippen LogP) is 4.94. The summed E-state index contributed by atoms with van der Waals surface area (Å²) in [5.41, 5.74) is 0.855. The second-order valence-corrected chi connectivity index (χ2v) is 8.22. The van der Waals surface area contributed by atoms with E-state index in [4.69, 9.17) is 9.15 Å². The molecule has 0 amide bonds. The van der Waals surface area contributed by atoms with Gasteiger partial charge < -0.3 is 13.7 Å². The third kappa shape index (κ3) is 3.67. The summed E-state index contributed by atoms with van der Waals surface area (Å²) in [5, 5.41) is 20.0. The largest absolute Gasteiger partial charge is 0.497 e. The molecule has 0 bridgehead atoms. The molecule has 0 saturated heterocycles. The van der Waals surface area contributed by atoms with Gasteiger partial charge in [0.05, 0.1) is 17.2 Å². The van der Waals surface area contributed by atoms with E-state index in [9.17, 15) is 0 Å². The molecule has 3 heterocycles. The molecule has 0 fully saturated rings. The highest BCUT2D eigenvalue weighted by Crippen LogP contribution is 2.36. The van der Waals surface area contributed by atoms with Gasteiger partial charge in [-0.3, -0.25) is 0 Å². The number of thioether (sulfide) groups is 1. The van der Waals surface area contributed by atoms with Gasteiger partial charge in [-0.2, -0.15) is 0 Å². The van der Waals surface area contributed by atoms with Gasteiger partial charge in [0, 0.05) is 12.1 Å². The molecule has 0 unspecified atom stereocenters. The molecule has 0 spiro atoms. The van der Waals surface area contributed by atoms with Gasteiger partial charge in [-0.1, -0.05) is 17.8 Å². The number of ether oxygens (including phenoxy) is 1. The molecule has 28 heavy (non-hydrogen) atoms. The van der Waals surface area contributed by atoms with Gasteiger partial charge in [0.25, 0.3) is 0 Å². The molecule has 4 aromatic rings. The summed E-state index contributed by atoms with van der Waals surface area (Å²) in [6.45, 7) is 4.90. The van der Waals surface area contributed by atoms with Gasteiger partial charge >= 0.3 is 0 Å². The van der Waals surface area contributed by atoms with E-state index in [1.54, 1.807) is 30.2 Å². The fourth-order valence-corrected chi connectivity index (χ4v) is 4.37. The van der Waals surface area contributed by atoms with Gasteiger partial charge in [0.1, 0.15) is 5.75 Å². The Morgan fingerprint density at radius 1 is 1.14 bits per heavy atom. The van der Waals surface area contributed by atoms with Gasteiger partial charge in [0.15, 0.2) is 11.0 Å². The maximum atomic E-state index is 5.89. The minimum Gasteiger partial charge on any atom is -0.497 e. The number of rotatable bonds is 7. The van der Waals surface area contributed by atoms with E-state index in [1.165, 1.54) is 0 Å². The number of thiophene rings is 1. The van der Waals surface area contributed by atoms with E-state index in [0.717, 1.165) is 33.7 Å². The van der Waals surface area contributed by atoms with E-state index < -0.39 is 0 Å². The van der Waals surface area contributed by atoms with E-state index in [-0.39, 0.29) is 5.25 Å². The molecule has 0 aliphatic heterocycles. The number of hydrogen-bond donors (Lipinski definition) is 0.